The maximum Gasteiger partial charge on any atom is 0.242 e. The normalized spacial score (nSPS) is 12.8. The first kappa shape index (κ1) is 23.9. The van der Waals surface area contributed by atoms with Crippen LogP contribution in [0.1, 0.15) is 44.7 Å². The predicted octanol–water partition coefficient (Wildman–Crippen LogP) is 4.95. The van der Waals surface area contributed by atoms with E-state index in [-0.39, 0.29) is 30.2 Å². The molecule has 4 nitrogen and oxygen atoms in total. The summed E-state index contributed by atoms with van der Waals surface area (Å²) in [4.78, 5) is 28.4. The van der Waals surface area contributed by atoms with Crippen molar-refractivity contribution in [1.29, 1.82) is 0 Å². The third kappa shape index (κ3) is 7.48. The smallest absolute Gasteiger partial charge is 0.242 e. The summed E-state index contributed by atoms with van der Waals surface area (Å²) in [5.41, 5.74) is 1.99. The summed E-state index contributed by atoms with van der Waals surface area (Å²) in [7, 11) is 0. The first-order valence-corrected chi connectivity index (χ1v) is 11.3. The van der Waals surface area contributed by atoms with Crippen LogP contribution in [0.4, 0.5) is 4.39 Å². The van der Waals surface area contributed by atoms with Gasteiger partial charge in [-0.2, -0.15) is 0 Å². The number of nitrogens with zero attached hydrogens (tertiary/aromatic N) is 1. The lowest BCUT2D eigenvalue weighted by Crippen LogP contribution is -2.49. The summed E-state index contributed by atoms with van der Waals surface area (Å²) in [5.74, 6) is 0.0343. The average Bonchev–Trinajstić information content (AvgIpc) is 2.74. The van der Waals surface area contributed by atoms with Gasteiger partial charge in [0.25, 0.3) is 0 Å². The van der Waals surface area contributed by atoms with Crippen LogP contribution in [0.25, 0.3) is 0 Å². The van der Waals surface area contributed by atoms with Crippen molar-refractivity contribution >= 4 is 23.6 Å². The highest BCUT2D eigenvalue weighted by Gasteiger charge is 2.26. The van der Waals surface area contributed by atoms with E-state index >= 15 is 0 Å². The van der Waals surface area contributed by atoms with E-state index in [0.29, 0.717) is 12.2 Å². The van der Waals surface area contributed by atoms with Gasteiger partial charge in [-0.25, -0.2) is 4.39 Å². The van der Waals surface area contributed by atoms with Crippen LogP contribution in [0.2, 0.25) is 0 Å². The summed E-state index contributed by atoms with van der Waals surface area (Å²) >= 11 is 1.62. The quantitative estimate of drug-likeness (QED) is 0.543. The molecular weight excluding hydrogens is 399 g/mol. The van der Waals surface area contributed by atoms with Gasteiger partial charge in [0, 0.05) is 29.7 Å². The molecule has 0 aliphatic heterocycles. The van der Waals surface area contributed by atoms with Gasteiger partial charge in [-0.05, 0) is 57.0 Å². The van der Waals surface area contributed by atoms with Crippen molar-refractivity contribution < 1.29 is 14.0 Å². The zero-order valence-corrected chi connectivity index (χ0v) is 19.0. The molecule has 2 aromatic carbocycles. The first-order valence-electron chi connectivity index (χ1n) is 10.3. The van der Waals surface area contributed by atoms with Crippen LogP contribution in [0.5, 0.6) is 0 Å². The average molecular weight is 431 g/mol. The summed E-state index contributed by atoms with van der Waals surface area (Å²) in [6.07, 6.45) is 1.14. The van der Waals surface area contributed by atoms with E-state index in [1.807, 2.05) is 45.0 Å². The summed E-state index contributed by atoms with van der Waals surface area (Å²) < 4.78 is 13.3. The Labute approximate surface area is 183 Å². The van der Waals surface area contributed by atoms with E-state index in [9.17, 15) is 14.0 Å². The molecule has 2 aromatic rings. The highest BCUT2D eigenvalue weighted by atomic mass is 32.2. The van der Waals surface area contributed by atoms with Crippen LogP contribution in [-0.4, -0.2) is 34.6 Å². The van der Waals surface area contributed by atoms with Crippen molar-refractivity contribution in [3.63, 3.8) is 0 Å². The van der Waals surface area contributed by atoms with E-state index in [1.54, 1.807) is 35.7 Å². The Hall–Kier alpha value is -2.34. The predicted molar refractivity (Wildman–Crippen MR) is 121 cm³/mol. The second kappa shape index (κ2) is 11.7. The minimum Gasteiger partial charge on any atom is -0.352 e. The minimum absolute atomic E-state index is 0.0415. The largest absolute Gasteiger partial charge is 0.352 e. The zero-order valence-electron chi connectivity index (χ0n) is 18.2. The van der Waals surface area contributed by atoms with Crippen molar-refractivity contribution in [2.75, 3.05) is 5.75 Å². The molecule has 0 unspecified atom stereocenters. The molecule has 6 heteroatoms. The number of carbonyl (C=O) groups excluding carboxylic acids is 2. The summed E-state index contributed by atoms with van der Waals surface area (Å²) in [5, 5.41) is 2.95. The molecule has 0 aromatic heterocycles. The van der Waals surface area contributed by atoms with Gasteiger partial charge in [0.15, 0.2) is 0 Å². The molecule has 0 spiro atoms. The number of benzene rings is 2. The first-order chi connectivity index (χ1) is 14.3. The molecule has 0 radical (unpaired) electrons. The van der Waals surface area contributed by atoms with Crippen LogP contribution in [0.15, 0.2) is 53.4 Å². The van der Waals surface area contributed by atoms with Gasteiger partial charge < -0.3 is 10.2 Å². The lowest BCUT2D eigenvalue weighted by atomic mass is 10.1. The van der Waals surface area contributed by atoms with Gasteiger partial charge in [0.1, 0.15) is 11.9 Å². The van der Waals surface area contributed by atoms with E-state index < -0.39 is 6.04 Å². The Kier molecular flexibility index (Phi) is 9.37. The molecule has 2 rings (SSSR count). The molecule has 2 atom stereocenters. The van der Waals surface area contributed by atoms with E-state index in [4.69, 9.17) is 0 Å². The van der Waals surface area contributed by atoms with Crippen LogP contribution < -0.4 is 5.32 Å². The molecule has 0 saturated heterocycles. The van der Waals surface area contributed by atoms with Gasteiger partial charge in [-0.3, -0.25) is 9.59 Å². The molecule has 0 saturated carbocycles. The number of hydrogen-bond acceptors (Lipinski definition) is 3. The molecule has 1 N–H and O–H groups in total. The number of thioether (sulfide) groups is 1. The van der Waals surface area contributed by atoms with Crippen molar-refractivity contribution in [2.24, 2.45) is 0 Å². The molecule has 30 heavy (non-hydrogen) atoms. The van der Waals surface area contributed by atoms with Gasteiger partial charge >= 0.3 is 0 Å². The second-order valence-corrected chi connectivity index (χ2v) is 8.72. The Morgan fingerprint density at radius 1 is 1.07 bits per heavy atom. The fourth-order valence-electron chi connectivity index (χ4n) is 2.87. The lowest BCUT2D eigenvalue weighted by Gasteiger charge is -2.29. The molecule has 2 amide bonds. The van der Waals surface area contributed by atoms with Gasteiger partial charge in [-0.15, -0.1) is 11.8 Å². The number of aryl methyl sites for hydroxylation is 1. The SMILES string of the molecule is CC[C@H](C)NC(=O)[C@H](C)N(Cc1ccc(F)cc1)C(=O)CCSc1ccc(C)cc1. The van der Waals surface area contributed by atoms with E-state index in [2.05, 4.69) is 5.32 Å². The molecular formula is C24H31FN2O2S. The summed E-state index contributed by atoms with van der Waals surface area (Å²) in [6.45, 7) is 7.99. The van der Waals surface area contributed by atoms with Crippen molar-refractivity contribution in [3.8, 4) is 0 Å². The maximum atomic E-state index is 13.3. The van der Waals surface area contributed by atoms with Gasteiger partial charge in [0.2, 0.25) is 11.8 Å². The molecule has 0 heterocycles. The topological polar surface area (TPSA) is 49.4 Å². The Balaban J connectivity index is 2.06. The third-order valence-corrected chi connectivity index (χ3v) is 6.05. The van der Waals surface area contributed by atoms with Crippen LogP contribution in [-0.2, 0) is 16.1 Å². The number of hydrogen-bond donors (Lipinski definition) is 1. The molecule has 0 aliphatic carbocycles. The van der Waals surface area contributed by atoms with E-state index in [0.717, 1.165) is 16.9 Å². The Morgan fingerprint density at radius 3 is 2.30 bits per heavy atom. The maximum absolute atomic E-state index is 13.3. The lowest BCUT2D eigenvalue weighted by molar-refractivity contribution is -0.140. The molecule has 0 bridgehead atoms. The van der Waals surface area contributed by atoms with E-state index in [1.165, 1.54) is 17.7 Å². The number of amides is 2. The van der Waals surface area contributed by atoms with Crippen molar-refractivity contribution in [3.05, 3.63) is 65.5 Å². The fourth-order valence-corrected chi connectivity index (χ4v) is 3.71. The number of carbonyl (C=O) groups is 2. The fraction of sp³-hybridized carbons (Fsp3) is 0.417. The number of nitrogens with one attached hydrogen (secondary N) is 1. The Bertz CT molecular complexity index is 824. The highest BCUT2D eigenvalue weighted by Crippen LogP contribution is 2.20. The minimum atomic E-state index is -0.610. The summed E-state index contributed by atoms with van der Waals surface area (Å²) in [6, 6.07) is 13.7. The van der Waals surface area contributed by atoms with Crippen LogP contribution in [0.3, 0.4) is 0 Å². The molecule has 162 valence electrons. The standard InChI is InChI=1S/C24H31FN2O2S/c1-5-18(3)26-24(29)19(4)27(16-20-8-10-21(25)11-9-20)23(28)14-15-30-22-12-6-17(2)7-13-22/h6-13,18-19H,5,14-16H2,1-4H3,(H,26,29)/t18-,19-/m0/s1. The number of halogens is 1. The zero-order chi connectivity index (χ0) is 22.1. The van der Waals surface area contributed by atoms with Crippen LogP contribution >= 0.6 is 11.8 Å². The molecule has 0 aliphatic rings. The monoisotopic (exact) mass is 430 g/mol. The highest BCUT2D eigenvalue weighted by molar-refractivity contribution is 7.99. The second-order valence-electron chi connectivity index (χ2n) is 7.55. The Morgan fingerprint density at radius 2 is 1.70 bits per heavy atom. The van der Waals surface area contributed by atoms with Gasteiger partial charge in [-0.1, -0.05) is 36.8 Å². The van der Waals surface area contributed by atoms with Gasteiger partial charge in [0.05, 0.1) is 0 Å². The number of rotatable bonds is 10. The third-order valence-electron chi connectivity index (χ3n) is 5.04. The van der Waals surface area contributed by atoms with Crippen LogP contribution in [0, 0.1) is 12.7 Å². The van der Waals surface area contributed by atoms with Crippen molar-refractivity contribution in [1.82, 2.24) is 10.2 Å². The van der Waals surface area contributed by atoms with Crippen molar-refractivity contribution in [2.45, 2.75) is 64.1 Å². The molecule has 0 fully saturated rings.